The van der Waals surface area contributed by atoms with E-state index >= 15 is 0 Å². The summed E-state index contributed by atoms with van der Waals surface area (Å²) in [6.45, 7) is 4.77. The zero-order chi connectivity index (χ0) is 17.4. The van der Waals surface area contributed by atoms with Crippen molar-refractivity contribution >= 4 is 11.8 Å². The minimum atomic E-state index is -0.135. The average Bonchev–Trinajstić information content (AvgIpc) is 3.30. The maximum absolute atomic E-state index is 12.7. The normalized spacial score (nSPS) is 18.3. The lowest BCUT2D eigenvalue weighted by Crippen LogP contribution is -2.47. The molecular formula is C16H21N7O2. The van der Waals surface area contributed by atoms with Crippen LogP contribution in [0.25, 0.3) is 0 Å². The Bertz CT molecular complexity index is 775. The summed E-state index contributed by atoms with van der Waals surface area (Å²) in [4.78, 5) is 37.7. The number of aromatic nitrogens is 4. The van der Waals surface area contributed by atoms with Gasteiger partial charge in [-0.2, -0.15) is 5.10 Å². The van der Waals surface area contributed by atoms with Crippen LogP contribution in [0.5, 0.6) is 0 Å². The van der Waals surface area contributed by atoms with Gasteiger partial charge in [0.2, 0.25) is 0 Å². The van der Waals surface area contributed by atoms with Crippen molar-refractivity contribution in [2.45, 2.75) is 13.1 Å². The summed E-state index contributed by atoms with van der Waals surface area (Å²) in [5.41, 5.74) is 1.34. The number of nitrogens with one attached hydrogen (secondary N) is 1. The molecule has 0 atom stereocenters. The Labute approximate surface area is 145 Å². The Hall–Kier alpha value is -2.68. The number of likely N-dealkylation sites (N-methyl/N-ethyl adjacent to an activating group) is 1. The van der Waals surface area contributed by atoms with E-state index in [2.05, 4.69) is 27.0 Å². The fraction of sp³-hybridized carbons (Fsp3) is 0.500. The molecule has 0 aliphatic carbocycles. The highest BCUT2D eigenvalue weighted by Crippen LogP contribution is 2.17. The Balaban J connectivity index is 1.47. The maximum Gasteiger partial charge on any atom is 0.290 e. The smallest absolute Gasteiger partial charge is 0.290 e. The van der Waals surface area contributed by atoms with Crippen molar-refractivity contribution in [3.05, 3.63) is 35.7 Å². The number of aromatic amines is 1. The molecule has 132 valence electrons. The van der Waals surface area contributed by atoms with Crippen LogP contribution in [0.3, 0.4) is 0 Å². The van der Waals surface area contributed by atoms with E-state index in [1.165, 1.54) is 0 Å². The third kappa shape index (κ3) is 3.02. The van der Waals surface area contributed by atoms with Crippen LogP contribution in [0.1, 0.15) is 26.8 Å². The van der Waals surface area contributed by atoms with Gasteiger partial charge in [0, 0.05) is 45.1 Å². The highest BCUT2D eigenvalue weighted by Gasteiger charge is 2.28. The molecule has 0 spiro atoms. The molecule has 2 aliphatic rings. The van der Waals surface area contributed by atoms with Crippen molar-refractivity contribution in [2.75, 3.05) is 39.8 Å². The number of amides is 2. The van der Waals surface area contributed by atoms with Crippen molar-refractivity contribution in [1.82, 2.24) is 34.4 Å². The minimum absolute atomic E-state index is 0.0288. The molecule has 0 radical (unpaired) electrons. The predicted octanol–water partition coefficient (Wildman–Crippen LogP) is -0.350. The Kier molecular flexibility index (Phi) is 4.00. The summed E-state index contributed by atoms with van der Waals surface area (Å²) in [7, 11) is 2.06. The highest BCUT2D eigenvalue weighted by atomic mass is 16.2. The second-order valence-corrected chi connectivity index (χ2v) is 6.50. The summed E-state index contributed by atoms with van der Waals surface area (Å²) >= 11 is 0. The number of nitrogens with zero attached hydrogens (tertiary/aromatic N) is 6. The van der Waals surface area contributed by atoms with Gasteiger partial charge >= 0.3 is 0 Å². The molecule has 9 nitrogen and oxygen atoms in total. The topological polar surface area (TPSA) is 90.4 Å². The average molecular weight is 343 g/mol. The van der Waals surface area contributed by atoms with Gasteiger partial charge in [0.1, 0.15) is 0 Å². The van der Waals surface area contributed by atoms with E-state index in [0.717, 1.165) is 31.9 Å². The molecule has 2 aromatic heterocycles. The molecule has 0 aromatic carbocycles. The largest absolute Gasteiger partial charge is 0.341 e. The number of rotatable bonds is 2. The van der Waals surface area contributed by atoms with Crippen LogP contribution in [0.4, 0.5) is 0 Å². The van der Waals surface area contributed by atoms with Crippen LogP contribution < -0.4 is 0 Å². The van der Waals surface area contributed by atoms with Crippen LogP contribution >= 0.6 is 0 Å². The molecule has 1 N–H and O–H groups in total. The van der Waals surface area contributed by atoms with E-state index in [9.17, 15) is 9.59 Å². The van der Waals surface area contributed by atoms with E-state index in [0.29, 0.717) is 31.2 Å². The quantitative estimate of drug-likeness (QED) is 0.805. The molecule has 0 bridgehead atoms. The van der Waals surface area contributed by atoms with Gasteiger partial charge in [-0.1, -0.05) is 0 Å². The summed E-state index contributed by atoms with van der Waals surface area (Å²) in [6.07, 6.45) is 3.20. The molecule has 4 rings (SSSR count). The van der Waals surface area contributed by atoms with E-state index in [4.69, 9.17) is 0 Å². The predicted molar refractivity (Wildman–Crippen MR) is 89.0 cm³/mol. The molecule has 25 heavy (non-hydrogen) atoms. The van der Waals surface area contributed by atoms with E-state index in [1.54, 1.807) is 17.3 Å². The van der Waals surface area contributed by atoms with Crippen LogP contribution in [-0.2, 0) is 13.1 Å². The van der Waals surface area contributed by atoms with Gasteiger partial charge in [-0.25, -0.2) is 4.98 Å². The molecule has 2 aliphatic heterocycles. The van der Waals surface area contributed by atoms with Gasteiger partial charge in [-0.15, -0.1) is 0 Å². The fourth-order valence-corrected chi connectivity index (χ4v) is 3.25. The van der Waals surface area contributed by atoms with Crippen LogP contribution in [0, 0.1) is 0 Å². The SMILES string of the molecule is CN1CCN(C(=O)c2cc3n(n2)CCN(C(=O)c2ncc[nH]2)C3)CC1. The second-order valence-electron chi connectivity index (χ2n) is 6.50. The lowest BCUT2D eigenvalue weighted by molar-refractivity contribution is 0.0653. The third-order valence-electron chi connectivity index (χ3n) is 4.80. The van der Waals surface area contributed by atoms with Gasteiger partial charge in [0.25, 0.3) is 11.8 Å². The first-order valence-corrected chi connectivity index (χ1v) is 8.45. The van der Waals surface area contributed by atoms with Crippen LogP contribution in [-0.4, -0.2) is 86.0 Å². The maximum atomic E-state index is 12.7. The third-order valence-corrected chi connectivity index (χ3v) is 4.80. The summed E-state index contributed by atoms with van der Waals surface area (Å²) in [5.74, 6) is 0.171. The van der Waals surface area contributed by atoms with Crippen molar-refractivity contribution < 1.29 is 9.59 Å². The van der Waals surface area contributed by atoms with Gasteiger partial charge < -0.3 is 19.7 Å². The van der Waals surface area contributed by atoms with E-state index < -0.39 is 0 Å². The molecule has 1 saturated heterocycles. The number of fused-ring (bicyclic) bond motifs is 1. The first-order chi connectivity index (χ1) is 12.1. The molecule has 1 fully saturated rings. The number of hydrogen-bond donors (Lipinski definition) is 1. The van der Waals surface area contributed by atoms with E-state index in [-0.39, 0.29) is 11.8 Å². The van der Waals surface area contributed by atoms with Crippen molar-refractivity contribution in [3.8, 4) is 0 Å². The molecule has 2 amide bonds. The number of hydrogen-bond acceptors (Lipinski definition) is 5. The van der Waals surface area contributed by atoms with Crippen LogP contribution in [0.15, 0.2) is 18.5 Å². The molecule has 2 aromatic rings. The lowest BCUT2D eigenvalue weighted by atomic mass is 10.2. The second kappa shape index (κ2) is 6.32. The zero-order valence-corrected chi connectivity index (χ0v) is 14.2. The summed E-state index contributed by atoms with van der Waals surface area (Å²) in [6, 6.07) is 1.81. The van der Waals surface area contributed by atoms with Gasteiger partial charge in [0.15, 0.2) is 11.5 Å². The Morgan fingerprint density at radius 2 is 1.80 bits per heavy atom. The van der Waals surface area contributed by atoms with Gasteiger partial charge in [0.05, 0.1) is 18.8 Å². The minimum Gasteiger partial charge on any atom is -0.341 e. The monoisotopic (exact) mass is 343 g/mol. The van der Waals surface area contributed by atoms with Crippen molar-refractivity contribution in [2.24, 2.45) is 0 Å². The summed E-state index contributed by atoms with van der Waals surface area (Å²) < 4.78 is 1.83. The first kappa shape index (κ1) is 15.8. The van der Waals surface area contributed by atoms with Crippen LogP contribution in [0.2, 0.25) is 0 Å². The number of imidazole rings is 1. The Morgan fingerprint density at radius 1 is 1.04 bits per heavy atom. The van der Waals surface area contributed by atoms with Crippen molar-refractivity contribution in [1.29, 1.82) is 0 Å². The number of carbonyl (C=O) groups excluding carboxylic acids is 2. The fourth-order valence-electron chi connectivity index (χ4n) is 3.25. The molecule has 0 saturated carbocycles. The van der Waals surface area contributed by atoms with Crippen molar-refractivity contribution in [3.63, 3.8) is 0 Å². The summed E-state index contributed by atoms with van der Waals surface area (Å²) in [5, 5.41) is 4.45. The molecular weight excluding hydrogens is 322 g/mol. The first-order valence-electron chi connectivity index (χ1n) is 8.45. The standard InChI is InChI=1S/C16H21N7O2/c1-20-4-6-21(7-5-20)15(24)13-10-12-11-22(8-9-23(12)19-13)16(25)14-17-2-3-18-14/h2-3,10H,4-9,11H2,1H3,(H,17,18). The van der Waals surface area contributed by atoms with Gasteiger partial charge in [-0.05, 0) is 13.1 Å². The number of carbonyl (C=O) groups is 2. The zero-order valence-electron chi connectivity index (χ0n) is 14.2. The molecule has 0 unspecified atom stereocenters. The molecule has 4 heterocycles. The number of piperazine rings is 1. The van der Waals surface area contributed by atoms with Gasteiger partial charge in [-0.3, -0.25) is 14.3 Å². The van der Waals surface area contributed by atoms with E-state index in [1.807, 2.05) is 15.6 Å². The highest BCUT2D eigenvalue weighted by molar-refractivity contribution is 5.93. The molecule has 9 heteroatoms. The number of H-pyrrole nitrogens is 1. The Morgan fingerprint density at radius 3 is 2.52 bits per heavy atom. The lowest BCUT2D eigenvalue weighted by Gasteiger charge is -2.31.